The Kier molecular flexibility index (Phi) is 5.28. The van der Waals surface area contributed by atoms with Crippen molar-refractivity contribution >= 4 is 11.7 Å². The molecule has 0 radical (unpaired) electrons. The van der Waals surface area contributed by atoms with Gasteiger partial charge in [0.15, 0.2) is 23.0 Å². The Bertz CT molecular complexity index is 1320. The second kappa shape index (κ2) is 8.51. The Hall–Kier alpha value is -4.14. The average Bonchev–Trinajstić information content (AvgIpc) is 3.51. The van der Waals surface area contributed by atoms with Gasteiger partial charge in [0, 0.05) is 17.5 Å². The van der Waals surface area contributed by atoms with E-state index >= 15 is 0 Å². The van der Waals surface area contributed by atoms with Crippen molar-refractivity contribution in [2.75, 3.05) is 32.9 Å². The number of phenols is 1. The summed E-state index contributed by atoms with van der Waals surface area (Å²) in [5, 5.41) is 14.0. The predicted octanol–water partition coefficient (Wildman–Crippen LogP) is 4.37. The van der Waals surface area contributed by atoms with E-state index in [9.17, 15) is 14.3 Å². The molecule has 2 N–H and O–H groups in total. The van der Waals surface area contributed by atoms with E-state index < -0.39 is 11.8 Å². The number of phenolic OH excluding ortho intramolecular Hbond substituents is 1. The first-order valence-electron chi connectivity index (χ1n) is 11.6. The molecule has 36 heavy (non-hydrogen) atoms. The van der Waals surface area contributed by atoms with Gasteiger partial charge in [-0.15, -0.1) is 0 Å². The van der Waals surface area contributed by atoms with Crippen LogP contribution in [-0.2, 0) is 9.53 Å². The maximum atomic E-state index is 13.6. The quantitative estimate of drug-likeness (QED) is 0.506. The molecule has 6 rings (SSSR count). The standard InChI is InChI=1S/C27H24FNO7/c1-32-21-7-13(8-22(33-2)26(21)30)23-16-9-19-20(36-12-35-19)10-17(16)25(18-11-34-27(31)24(18)23)29-15-5-3-14(28)4-6-15/h3-10,18,23-25,29-30H,11-12H2,1-2H3/t18-,23-,24-,25+/m0/s1. The molecule has 3 aromatic rings. The van der Waals surface area contributed by atoms with Crippen molar-refractivity contribution in [3.8, 4) is 28.7 Å². The lowest BCUT2D eigenvalue weighted by Gasteiger charge is -2.40. The first kappa shape index (κ1) is 22.3. The fraction of sp³-hybridized carbons (Fsp3) is 0.296. The number of methoxy groups -OCH3 is 2. The van der Waals surface area contributed by atoms with Gasteiger partial charge in [-0.05, 0) is 65.2 Å². The number of rotatable bonds is 5. The number of carbonyl (C=O) groups excluding carboxylic acids is 1. The number of fused-ring (bicyclic) bond motifs is 3. The van der Waals surface area contributed by atoms with Gasteiger partial charge in [-0.1, -0.05) is 0 Å². The summed E-state index contributed by atoms with van der Waals surface area (Å²) in [4.78, 5) is 13.2. The lowest BCUT2D eigenvalue weighted by molar-refractivity contribution is -0.141. The average molecular weight is 493 g/mol. The minimum atomic E-state index is -0.533. The Morgan fingerprint density at radius 2 is 1.58 bits per heavy atom. The number of cyclic esters (lactones) is 1. The highest BCUT2D eigenvalue weighted by atomic mass is 19.1. The highest BCUT2D eigenvalue weighted by molar-refractivity contribution is 5.79. The Morgan fingerprint density at radius 3 is 2.22 bits per heavy atom. The fourth-order valence-corrected chi connectivity index (χ4v) is 5.57. The van der Waals surface area contributed by atoms with Crippen LogP contribution in [0, 0.1) is 17.7 Å². The highest BCUT2D eigenvalue weighted by Gasteiger charge is 2.52. The van der Waals surface area contributed by atoms with Gasteiger partial charge in [0.1, 0.15) is 5.82 Å². The summed E-state index contributed by atoms with van der Waals surface area (Å²) in [5.74, 6) is -0.283. The molecule has 0 amide bonds. The summed E-state index contributed by atoms with van der Waals surface area (Å²) in [6.45, 7) is 0.327. The molecular weight excluding hydrogens is 469 g/mol. The molecule has 0 aromatic heterocycles. The minimum Gasteiger partial charge on any atom is -0.502 e. The van der Waals surface area contributed by atoms with Gasteiger partial charge in [0.2, 0.25) is 12.5 Å². The predicted molar refractivity (Wildman–Crippen MR) is 126 cm³/mol. The van der Waals surface area contributed by atoms with Gasteiger partial charge in [-0.2, -0.15) is 0 Å². The van der Waals surface area contributed by atoms with Crippen molar-refractivity contribution in [2.24, 2.45) is 11.8 Å². The van der Waals surface area contributed by atoms with E-state index in [0.29, 0.717) is 11.5 Å². The van der Waals surface area contributed by atoms with E-state index in [1.165, 1.54) is 26.4 Å². The van der Waals surface area contributed by atoms with Crippen molar-refractivity contribution in [1.29, 1.82) is 0 Å². The Labute approximate surface area is 206 Å². The lowest BCUT2D eigenvalue weighted by Crippen LogP contribution is -2.37. The molecule has 2 heterocycles. The molecule has 1 saturated heterocycles. The molecule has 0 saturated carbocycles. The number of carbonyl (C=O) groups is 1. The van der Waals surface area contributed by atoms with Crippen LogP contribution in [0.1, 0.15) is 28.7 Å². The Balaban J connectivity index is 1.55. The van der Waals surface area contributed by atoms with Crippen LogP contribution < -0.4 is 24.3 Å². The summed E-state index contributed by atoms with van der Waals surface area (Å²) >= 11 is 0. The van der Waals surface area contributed by atoms with Crippen LogP contribution in [0.3, 0.4) is 0 Å². The molecule has 1 aliphatic carbocycles. The third-order valence-electron chi connectivity index (χ3n) is 7.21. The van der Waals surface area contributed by atoms with E-state index in [1.807, 2.05) is 12.1 Å². The van der Waals surface area contributed by atoms with Gasteiger partial charge >= 0.3 is 5.97 Å². The molecule has 3 aliphatic rings. The van der Waals surface area contributed by atoms with Crippen molar-refractivity contribution in [3.05, 3.63) is 71.0 Å². The summed E-state index contributed by atoms with van der Waals surface area (Å²) < 4.78 is 41.3. The fourth-order valence-electron chi connectivity index (χ4n) is 5.57. The Morgan fingerprint density at radius 1 is 0.944 bits per heavy atom. The molecule has 4 atom stereocenters. The maximum Gasteiger partial charge on any atom is 0.310 e. The van der Waals surface area contributed by atoms with Gasteiger partial charge in [0.25, 0.3) is 0 Å². The van der Waals surface area contributed by atoms with E-state index in [2.05, 4.69) is 5.32 Å². The van der Waals surface area contributed by atoms with Crippen molar-refractivity contribution in [2.45, 2.75) is 12.0 Å². The van der Waals surface area contributed by atoms with Gasteiger partial charge in [0.05, 0.1) is 32.8 Å². The van der Waals surface area contributed by atoms with Crippen LogP contribution in [0.15, 0.2) is 48.5 Å². The first-order chi connectivity index (χ1) is 17.5. The number of aromatic hydroxyl groups is 1. The number of halogens is 1. The van der Waals surface area contributed by atoms with E-state index in [1.54, 1.807) is 24.3 Å². The molecule has 2 aliphatic heterocycles. The van der Waals surface area contributed by atoms with E-state index in [0.717, 1.165) is 22.4 Å². The maximum absolute atomic E-state index is 13.6. The summed E-state index contributed by atoms with van der Waals surface area (Å²) in [7, 11) is 2.92. The highest BCUT2D eigenvalue weighted by Crippen LogP contribution is 2.56. The van der Waals surface area contributed by atoms with E-state index in [4.69, 9.17) is 23.7 Å². The molecular formula is C27H24FNO7. The number of benzene rings is 3. The third-order valence-corrected chi connectivity index (χ3v) is 7.21. The van der Waals surface area contributed by atoms with Crippen LogP contribution in [0.25, 0.3) is 0 Å². The summed E-state index contributed by atoms with van der Waals surface area (Å²) in [6, 6.07) is 13.0. The molecule has 1 fully saturated rings. The van der Waals surface area contributed by atoms with Crippen molar-refractivity contribution in [3.63, 3.8) is 0 Å². The molecule has 8 nitrogen and oxygen atoms in total. The van der Waals surface area contributed by atoms with Crippen molar-refractivity contribution in [1.82, 2.24) is 0 Å². The molecule has 3 aromatic carbocycles. The van der Waals surface area contributed by atoms with E-state index in [-0.39, 0.29) is 54.4 Å². The van der Waals surface area contributed by atoms with Crippen molar-refractivity contribution < 1.29 is 38.0 Å². The summed E-state index contributed by atoms with van der Waals surface area (Å²) in [5.41, 5.74) is 3.22. The van der Waals surface area contributed by atoms with Gasteiger partial charge in [-0.25, -0.2) is 4.39 Å². The molecule has 186 valence electrons. The third kappa shape index (κ3) is 3.45. The number of hydrogen-bond donors (Lipinski definition) is 2. The first-order valence-corrected chi connectivity index (χ1v) is 11.6. The smallest absolute Gasteiger partial charge is 0.310 e. The minimum absolute atomic E-state index is 0.106. The molecule has 0 bridgehead atoms. The lowest BCUT2D eigenvalue weighted by atomic mass is 9.65. The SMILES string of the molecule is COc1cc([C@H]2c3cc4c(cc3[C@@H](Nc3ccc(F)cc3)[C@H]3COC(=O)[C@H]23)OCO4)cc(OC)c1O. The van der Waals surface area contributed by atoms with Crippen LogP contribution in [0.4, 0.5) is 10.1 Å². The van der Waals surface area contributed by atoms with Gasteiger partial charge in [-0.3, -0.25) is 4.79 Å². The molecule has 9 heteroatoms. The summed E-state index contributed by atoms with van der Waals surface area (Å²) in [6.07, 6.45) is 0. The monoisotopic (exact) mass is 493 g/mol. The van der Waals surface area contributed by atoms with Crippen LogP contribution >= 0.6 is 0 Å². The molecule has 0 unspecified atom stereocenters. The zero-order valence-electron chi connectivity index (χ0n) is 19.6. The zero-order valence-corrected chi connectivity index (χ0v) is 19.6. The number of esters is 1. The second-order valence-corrected chi connectivity index (χ2v) is 9.03. The van der Waals surface area contributed by atoms with Crippen LogP contribution in [-0.4, -0.2) is 38.7 Å². The zero-order chi connectivity index (χ0) is 25.0. The van der Waals surface area contributed by atoms with Gasteiger partial charge < -0.3 is 34.1 Å². The normalized spacial score (nSPS) is 23.5. The topological polar surface area (TPSA) is 95.5 Å². The largest absolute Gasteiger partial charge is 0.502 e. The number of ether oxygens (including phenoxy) is 5. The number of anilines is 1. The second-order valence-electron chi connectivity index (χ2n) is 9.03. The van der Waals surface area contributed by atoms with Crippen LogP contribution in [0.5, 0.6) is 28.7 Å². The number of hydrogen-bond acceptors (Lipinski definition) is 8. The molecule has 0 spiro atoms. The van der Waals surface area contributed by atoms with Crippen LogP contribution in [0.2, 0.25) is 0 Å². The number of nitrogens with one attached hydrogen (secondary N) is 1.